The third-order valence-electron chi connectivity index (χ3n) is 3.14. The third-order valence-corrected chi connectivity index (χ3v) is 3.14. The first-order valence-electron chi connectivity index (χ1n) is 6.35. The number of carbonyl (C=O) groups is 1. The second kappa shape index (κ2) is 5.27. The van der Waals surface area contributed by atoms with Gasteiger partial charge in [0.15, 0.2) is 11.5 Å². The Morgan fingerprint density at radius 3 is 3.16 bits per heavy atom. The average molecular weight is 261 g/mol. The number of amides is 1. The van der Waals surface area contributed by atoms with E-state index in [0.717, 1.165) is 25.9 Å². The largest absolute Gasteiger partial charge is 0.461 e. The van der Waals surface area contributed by atoms with Gasteiger partial charge in [-0.25, -0.2) is 0 Å². The normalized spacial score (nSPS) is 19.3. The fourth-order valence-corrected chi connectivity index (χ4v) is 2.15. The molecule has 1 saturated heterocycles. The summed E-state index contributed by atoms with van der Waals surface area (Å²) in [5.74, 6) is 0.804. The van der Waals surface area contributed by atoms with E-state index < -0.39 is 0 Å². The van der Waals surface area contributed by atoms with Crippen LogP contribution in [0.1, 0.15) is 23.3 Å². The maximum absolute atomic E-state index is 12.0. The van der Waals surface area contributed by atoms with Crippen LogP contribution in [-0.2, 0) is 0 Å². The molecule has 1 aliphatic heterocycles. The van der Waals surface area contributed by atoms with Gasteiger partial charge < -0.3 is 19.6 Å². The number of nitrogens with one attached hydrogen (secondary N) is 2. The van der Waals surface area contributed by atoms with Gasteiger partial charge in [0.05, 0.1) is 6.26 Å². The van der Waals surface area contributed by atoms with Crippen LogP contribution in [0.4, 0.5) is 0 Å². The van der Waals surface area contributed by atoms with E-state index in [1.165, 1.54) is 0 Å². The molecule has 2 aromatic heterocycles. The Kier molecular flexibility index (Phi) is 3.33. The quantitative estimate of drug-likeness (QED) is 0.873. The Bertz CT molecular complexity index is 541. The number of furan rings is 1. The number of piperidine rings is 1. The van der Waals surface area contributed by atoms with Crippen LogP contribution in [0.5, 0.6) is 0 Å². The van der Waals surface area contributed by atoms with Gasteiger partial charge in [-0.15, -0.1) is 0 Å². The van der Waals surface area contributed by atoms with Gasteiger partial charge in [-0.05, 0) is 31.5 Å². The first-order chi connectivity index (χ1) is 9.33. The van der Waals surface area contributed by atoms with Gasteiger partial charge >= 0.3 is 0 Å². The van der Waals surface area contributed by atoms with Gasteiger partial charge in [-0.3, -0.25) is 4.79 Å². The lowest BCUT2D eigenvalue weighted by molar-refractivity contribution is 0.0921. The zero-order chi connectivity index (χ0) is 13.1. The fourth-order valence-electron chi connectivity index (χ4n) is 2.15. The minimum absolute atomic E-state index is 0.157. The van der Waals surface area contributed by atoms with Crippen LogP contribution < -0.4 is 10.6 Å². The van der Waals surface area contributed by atoms with Crippen molar-refractivity contribution in [2.75, 3.05) is 13.1 Å². The summed E-state index contributed by atoms with van der Waals surface area (Å²) in [5.41, 5.74) is 0.275. The van der Waals surface area contributed by atoms with Crippen LogP contribution in [0.2, 0.25) is 0 Å². The maximum atomic E-state index is 12.0. The Balaban J connectivity index is 1.67. The van der Waals surface area contributed by atoms with E-state index >= 15 is 0 Å². The molecule has 1 fully saturated rings. The maximum Gasteiger partial charge on any atom is 0.273 e. The summed E-state index contributed by atoms with van der Waals surface area (Å²) in [6.07, 6.45) is 3.61. The molecular weight excluding hydrogens is 246 g/mol. The second-order valence-corrected chi connectivity index (χ2v) is 4.57. The van der Waals surface area contributed by atoms with Crippen LogP contribution in [0.25, 0.3) is 11.5 Å². The first kappa shape index (κ1) is 12.0. The monoisotopic (exact) mass is 261 g/mol. The van der Waals surface area contributed by atoms with E-state index in [0.29, 0.717) is 11.5 Å². The van der Waals surface area contributed by atoms with Crippen LogP contribution in [0.3, 0.4) is 0 Å². The molecule has 0 aromatic carbocycles. The molecule has 1 aliphatic rings. The average Bonchev–Trinajstić information content (AvgIpc) is 3.11. The van der Waals surface area contributed by atoms with Gasteiger partial charge in [0, 0.05) is 18.7 Å². The number of nitrogens with zero attached hydrogens (tertiary/aromatic N) is 1. The van der Waals surface area contributed by atoms with Crippen molar-refractivity contribution in [3.05, 3.63) is 30.2 Å². The molecule has 0 saturated carbocycles. The van der Waals surface area contributed by atoms with Crippen molar-refractivity contribution >= 4 is 5.91 Å². The predicted molar refractivity (Wildman–Crippen MR) is 67.6 cm³/mol. The van der Waals surface area contributed by atoms with Crippen molar-refractivity contribution < 1.29 is 13.7 Å². The van der Waals surface area contributed by atoms with Crippen LogP contribution in [-0.4, -0.2) is 30.2 Å². The molecule has 0 spiro atoms. The predicted octanol–water partition coefficient (Wildman–Crippen LogP) is 1.42. The molecule has 3 rings (SSSR count). The van der Waals surface area contributed by atoms with E-state index in [1.807, 2.05) is 0 Å². The van der Waals surface area contributed by atoms with Crippen molar-refractivity contribution in [3.63, 3.8) is 0 Å². The van der Waals surface area contributed by atoms with Gasteiger partial charge in [-0.2, -0.15) is 0 Å². The molecule has 0 bridgehead atoms. The second-order valence-electron chi connectivity index (χ2n) is 4.57. The van der Waals surface area contributed by atoms with Crippen LogP contribution in [0, 0.1) is 0 Å². The van der Waals surface area contributed by atoms with E-state index in [2.05, 4.69) is 15.8 Å². The SMILES string of the molecule is O=C(NC1CCCNC1)c1cc(-c2ccco2)on1. The highest BCUT2D eigenvalue weighted by Gasteiger charge is 2.19. The van der Waals surface area contributed by atoms with Crippen molar-refractivity contribution in [2.24, 2.45) is 0 Å². The lowest BCUT2D eigenvalue weighted by Gasteiger charge is -2.23. The van der Waals surface area contributed by atoms with Crippen molar-refractivity contribution in [3.8, 4) is 11.5 Å². The Labute approximate surface area is 110 Å². The highest BCUT2D eigenvalue weighted by Crippen LogP contribution is 2.20. The number of hydrogen-bond donors (Lipinski definition) is 2. The smallest absolute Gasteiger partial charge is 0.273 e. The lowest BCUT2D eigenvalue weighted by atomic mass is 10.1. The third kappa shape index (κ3) is 2.68. The molecule has 19 heavy (non-hydrogen) atoms. The summed E-state index contributed by atoms with van der Waals surface area (Å²) >= 11 is 0. The highest BCUT2D eigenvalue weighted by atomic mass is 16.5. The molecule has 1 unspecified atom stereocenters. The Hall–Kier alpha value is -2.08. The van der Waals surface area contributed by atoms with Crippen LogP contribution >= 0.6 is 0 Å². The minimum Gasteiger partial charge on any atom is -0.461 e. The summed E-state index contributed by atoms with van der Waals surface area (Å²) in [6, 6.07) is 5.26. The van der Waals surface area contributed by atoms with Crippen LogP contribution in [0.15, 0.2) is 33.4 Å². The summed E-state index contributed by atoms with van der Waals surface area (Å²) in [4.78, 5) is 12.0. The molecule has 3 heterocycles. The highest BCUT2D eigenvalue weighted by molar-refractivity contribution is 5.93. The van der Waals surface area contributed by atoms with Crippen molar-refractivity contribution in [2.45, 2.75) is 18.9 Å². The molecular formula is C13H15N3O3. The van der Waals surface area contributed by atoms with Gasteiger partial charge in [0.25, 0.3) is 5.91 Å². The van der Waals surface area contributed by atoms with Gasteiger partial charge in [0.1, 0.15) is 0 Å². The Morgan fingerprint density at radius 2 is 2.42 bits per heavy atom. The zero-order valence-corrected chi connectivity index (χ0v) is 10.4. The molecule has 2 N–H and O–H groups in total. The molecule has 2 aromatic rings. The Morgan fingerprint density at radius 1 is 1.47 bits per heavy atom. The summed E-state index contributed by atoms with van der Waals surface area (Å²) in [7, 11) is 0. The lowest BCUT2D eigenvalue weighted by Crippen LogP contribution is -2.45. The van der Waals surface area contributed by atoms with E-state index in [1.54, 1.807) is 24.5 Å². The van der Waals surface area contributed by atoms with E-state index in [4.69, 9.17) is 8.94 Å². The fraction of sp³-hybridized carbons (Fsp3) is 0.385. The van der Waals surface area contributed by atoms with Gasteiger partial charge in [-0.1, -0.05) is 5.16 Å². The molecule has 100 valence electrons. The summed E-state index contributed by atoms with van der Waals surface area (Å²) < 4.78 is 10.3. The summed E-state index contributed by atoms with van der Waals surface area (Å²) in [5, 5.41) is 9.96. The van der Waals surface area contributed by atoms with Gasteiger partial charge in [0.2, 0.25) is 5.76 Å². The van der Waals surface area contributed by atoms with E-state index in [-0.39, 0.29) is 17.6 Å². The topological polar surface area (TPSA) is 80.3 Å². The first-order valence-corrected chi connectivity index (χ1v) is 6.35. The molecule has 1 amide bonds. The zero-order valence-electron chi connectivity index (χ0n) is 10.4. The summed E-state index contributed by atoms with van der Waals surface area (Å²) in [6.45, 7) is 1.81. The molecule has 0 aliphatic carbocycles. The number of aromatic nitrogens is 1. The number of carbonyl (C=O) groups excluding carboxylic acids is 1. The number of rotatable bonds is 3. The van der Waals surface area contributed by atoms with Crippen molar-refractivity contribution in [1.29, 1.82) is 0 Å². The molecule has 1 atom stereocenters. The number of hydrogen-bond acceptors (Lipinski definition) is 5. The molecule has 6 nitrogen and oxygen atoms in total. The molecule has 6 heteroatoms. The minimum atomic E-state index is -0.213. The van der Waals surface area contributed by atoms with Crippen molar-refractivity contribution in [1.82, 2.24) is 15.8 Å². The molecule has 0 radical (unpaired) electrons. The van der Waals surface area contributed by atoms with E-state index in [9.17, 15) is 4.79 Å². The standard InChI is InChI=1S/C13H15N3O3/c17-13(15-9-3-1-5-14-8-9)10-7-12(19-16-10)11-4-2-6-18-11/h2,4,6-7,9,14H,1,3,5,8H2,(H,15,17).